The van der Waals surface area contributed by atoms with Crippen LogP contribution in [0.4, 0.5) is 5.69 Å². The Hall–Kier alpha value is -1.47. The first-order chi connectivity index (χ1) is 8.43. The van der Waals surface area contributed by atoms with E-state index in [1.165, 1.54) is 14.2 Å². The summed E-state index contributed by atoms with van der Waals surface area (Å²) in [5.74, 6) is 0.895. The van der Waals surface area contributed by atoms with Crippen LogP contribution in [0, 0.1) is 6.92 Å². The summed E-state index contributed by atoms with van der Waals surface area (Å²) in [5.41, 5.74) is 6.45. The first kappa shape index (κ1) is 14.6. The molecule has 0 aliphatic rings. The Labute approximate surface area is 107 Å². The van der Waals surface area contributed by atoms with E-state index in [0.29, 0.717) is 17.2 Å². The molecule has 0 radical (unpaired) electrons. The normalized spacial score (nSPS) is 11.1. The lowest BCUT2D eigenvalue weighted by atomic mass is 10.2. The van der Waals surface area contributed by atoms with Gasteiger partial charge in [0.1, 0.15) is 0 Å². The number of hydrogen-bond donors (Lipinski definition) is 2. The molecule has 0 fully saturated rings. The highest BCUT2D eigenvalue weighted by Crippen LogP contribution is 2.33. The number of ether oxygens (including phenoxy) is 2. The zero-order chi connectivity index (χ0) is 13.8. The highest BCUT2D eigenvalue weighted by molar-refractivity contribution is 7.92. The van der Waals surface area contributed by atoms with E-state index in [9.17, 15) is 8.42 Å². The molecule has 7 heteroatoms. The Morgan fingerprint density at radius 1 is 1.22 bits per heavy atom. The fourth-order valence-corrected chi connectivity index (χ4v) is 2.43. The molecule has 0 heterocycles. The molecule has 1 rings (SSSR count). The van der Waals surface area contributed by atoms with Crippen molar-refractivity contribution in [2.45, 2.75) is 6.92 Å². The van der Waals surface area contributed by atoms with Gasteiger partial charge in [0.25, 0.3) is 0 Å². The molecule has 0 saturated carbocycles. The fraction of sp³-hybridized carbons (Fsp3) is 0.455. The second kappa shape index (κ2) is 5.92. The van der Waals surface area contributed by atoms with Crippen molar-refractivity contribution in [2.24, 2.45) is 5.73 Å². The maximum atomic E-state index is 11.6. The summed E-state index contributed by atoms with van der Waals surface area (Å²) in [7, 11) is -0.408. The van der Waals surface area contributed by atoms with Crippen molar-refractivity contribution in [1.29, 1.82) is 0 Å². The third-order valence-electron chi connectivity index (χ3n) is 2.38. The number of anilines is 1. The van der Waals surface area contributed by atoms with Crippen molar-refractivity contribution in [2.75, 3.05) is 31.2 Å². The van der Waals surface area contributed by atoms with Gasteiger partial charge >= 0.3 is 0 Å². The largest absolute Gasteiger partial charge is 0.493 e. The maximum absolute atomic E-state index is 11.6. The summed E-state index contributed by atoms with van der Waals surface area (Å²) >= 11 is 0. The molecule has 102 valence electrons. The van der Waals surface area contributed by atoms with Crippen LogP contribution in [-0.4, -0.2) is 34.9 Å². The molecule has 1 aromatic rings. The molecule has 0 unspecified atom stereocenters. The monoisotopic (exact) mass is 274 g/mol. The second-order valence-electron chi connectivity index (χ2n) is 3.73. The topological polar surface area (TPSA) is 90.7 Å². The highest BCUT2D eigenvalue weighted by Gasteiger charge is 2.14. The first-order valence-electron chi connectivity index (χ1n) is 5.36. The summed E-state index contributed by atoms with van der Waals surface area (Å²) in [6, 6.07) is 3.29. The van der Waals surface area contributed by atoms with E-state index in [-0.39, 0.29) is 12.3 Å². The van der Waals surface area contributed by atoms with Crippen LogP contribution >= 0.6 is 0 Å². The van der Waals surface area contributed by atoms with Crippen LogP contribution < -0.4 is 19.9 Å². The number of rotatable bonds is 6. The molecule has 18 heavy (non-hydrogen) atoms. The molecule has 1 aromatic carbocycles. The van der Waals surface area contributed by atoms with Gasteiger partial charge in [-0.3, -0.25) is 4.72 Å². The van der Waals surface area contributed by atoms with Crippen LogP contribution in [0.15, 0.2) is 12.1 Å². The minimum Gasteiger partial charge on any atom is -0.493 e. The van der Waals surface area contributed by atoms with Gasteiger partial charge in [0.2, 0.25) is 10.0 Å². The fourth-order valence-electron chi connectivity index (χ4n) is 1.46. The van der Waals surface area contributed by atoms with Crippen molar-refractivity contribution in [3.8, 4) is 11.5 Å². The van der Waals surface area contributed by atoms with Gasteiger partial charge in [-0.1, -0.05) is 0 Å². The minimum atomic E-state index is -3.42. The molecule has 3 N–H and O–H groups in total. The van der Waals surface area contributed by atoms with Crippen LogP contribution in [0.25, 0.3) is 0 Å². The standard InChI is InChI=1S/C11H18N2O4S/c1-8-6-10(16-2)11(17-3)7-9(8)13-18(14,15)5-4-12/h6-7,13H,4-5,12H2,1-3H3. The molecule has 0 spiro atoms. The van der Waals surface area contributed by atoms with E-state index in [0.717, 1.165) is 5.56 Å². The molecule has 0 aliphatic carbocycles. The van der Waals surface area contributed by atoms with Crippen molar-refractivity contribution in [1.82, 2.24) is 0 Å². The van der Waals surface area contributed by atoms with Gasteiger partial charge in [-0.15, -0.1) is 0 Å². The van der Waals surface area contributed by atoms with E-state index >= 15 is 0 Å². The van der Waals surface area contributed by atoms with Gasteiger partial charge in [0, 0.05) is 12.6 Å². The molecular formula is C11H18N2O4S. The maximum Gasteiger partial charge on any atom is 0.233 e. The van der Waals surface area contributed by atoms with Crippen LogP contribution in [0.2, 0.25) is 0 Å². The van der Waals surface area contributed by atoms with Gasteiger partial charge in [-0.05, 0) is 18.6 Å². The summed E-state index contributed by atoms with van der Waals surface area (Å²) in [6.07, 6.45) is 0. The van der Waals surface area contributed by atoms with Crippen LogP contribution in [0.3, 0.4) is 0 Å². The molecule has 0 amide bonds. The van der Waals surface area contributed by atoms with Gasteiger partial charge in [0.15, 0.2) is 11.5 Å². The first-order valence-corrected chi connectivity index (χ1v) is 7.02. The molecule has 6 nitrogen and oxygen atoms in total. The zero-order valence-corrected chi connectivity index (χ0v) is 11.5. The number of nitrogens with two attached hydrogens (primary N) is 1. The summed E-state index contributed by atoms with van der Waals surface area (Å²) in [6.45, 7) is 1.85. The van der Waals surface area contributed by atoms with E-state index in [1.807, 2.05) is 0 Å². The van der Waals surface area contributed by atoms with Gasteiger partial charge in [-0.25, -0.2) is 8.42 Å². The number of hydrogen-bond acceptors (Lipinski definition) is 5. The SMILES string of the molecule is COc1cc(C)c(NS(=O)(=O)CCN)cc1OC. The number of benzene rings is 1. The van der Waals surface area contributed by atoms with Crippen LogP contribution in [-0.2, 0) is 10.0 Å². The molecular weight excluding hydrogens is 256 g/mol. The van der Waals surface area contributed by atoms with E-state index in [4.69, 9.17) is 15.2 Å². The highest BCUT2D eigenvalue weighted by atomic mass is 32.2. The Bertz CT molecular complexity index is 514. The van der Waals surface area contributed by atoms with Gasteiger partial charge in [0.05, 0.1) is 25.7 Å². The molecule has 0 aromatic heterocycles. The molecule has 0 atom stereocenters. The summed E-state index contributed by atoms with van der Waals surface area (Å²) < 4.78 is 36.0. The number of aryl methyl sites for hydroxylation is 1. The number of methoxy groups -OCH3 is 2. The summed E-state index contributed by atoms with van der Waals surface area (Å²) in [5, 5.41) is 0. The van der Waals surface area contributed by atoms with Gasteiger partial charge < -0.3 is 15.2 Å². The predicted molar refractivity (Wildman–Crippen MR) is 70.7 cm³/mol. The average molecular weight is 274 g/mol. The second-order valence-corrected chi connectivity index (χ2v) is 5.57. The van der Waals surface area contributed by atoms with Crippen molar-refractivity contribution < 1.29 is 17.9 Å². The lowest BCUT2D eigenvalue weighted by Gasteiger charge is -2.14. The third kappa shape index (κ3) is 3.51. The van der Waals surface area contributed by atoms with E-state index < -0.39 is 10.0 Å². The van der Waals surface area contributed by atoms with Crippen molar-refractivity contribution in [3.63, 3.8) is 0 Å². The predicted octanol–water partition coefficient (Wildman–Crippen LogP) is 0.713. The third-order valence-corrected chi connectivity index (χ3v) is 3.69. The summed E-state index contributed by atoms with van der Waals surface area (Å²) in [4.78, 5) is 0. The lowest BCUT2D eigenvalue weighted by molar-refractivity contribution is 0.355. The molecule has 0 bridgehead atoms. The van der Waals surface area contributed by atoms with Crippen molar-refractivity contribution >= 4 is 15.7 Å². The zero-order valence-electron chi connectivity index (χ0n) is 10.7. The van der Waals surface area contributed by atoms with Gasteiger partial charge in [-0.2, -0.15) is 0 Å². The Balaban J connectivity index is 3.11. The Kier molecular flexibility index (Phi) is 4.80. The molecule has 0 aliphatic heterocycles. The Morgan fingerprint density at radius 2 is 1.78 bits per heavy atom. The van der Waals surface area contributed by atoms with E-state index in [2.05, 4.69) is 4.72 Å². The lowest BCUT2D eigenvalue weighted by Crippen LogP contribution is -2.22. The minimum absolute atomic E-state index is 0.0711. The Morgan fingerprint density at radius 3 is 2.28 bits per heavy atom. The number of nitrogens with one attached hydrogen (secondary N) is 1. The van der Waals surface area contributed by atoms with Crippen LogP contribution in [0.5, 0.6) is 11.5 Å². The smallest absolute Gasteiger partial charge is 0.233 e. The molecule has 0 saturated heterocycles. The quantitative estimate of drug-likeness (QED) is 0.797. The van der Waals surface area contributed by atoms with Crippen LogP contribution in [0.1, 0.15) is 5.56 Å². The average Bonchev–Trinajstić information content (AvgIpc) is 2.30. The van der Waals surface area contributed by atoms with Crippen molar-refractivity contribution in [3.05, 3.63) is 17.7 Å². The number of sulfonamides is 1. The van der Waals surface area contributed by atoms with E-state index in [1.54, 1.807) is 19.1 Å².